The Morgan fingerprint density at radius 1 is 0.759 bits per heavy atom. The van der Waals surface area contributed by atoms with Gasteiger partial charge in [0.15, 0.2) is 0 Å². The lowest BCUT2D eigenvalue weighted by molar-refractivity contribution is -0.127. The maximum atomic E-state index is 12.1. The number of nitrogens with zero attached hydrogens (tertiary/aromatic N) is 3. The summed E-state index contributed by atoms with van der Waals surface area (Å²) in [6.07, 6.45) is -0.359. The third-order valence-corrected chi connectivity index (χ3v) is 4.00. The molecule has 0 saturated carbocycles. The van der Waals surface area contributed by atoms with Crippen LogP contribution < -0.4 is 21.3 Å². The van der Waals surface area contributed by atoms with Gasteiger partial charge in [0, 0.05) is 29.7 Å². The Hall–Kier alpha value is -2.93. The van der Waals surface area contributed by atoms with Crippen molar-refractivity contribution in [2.24, 2.45) is 5.11 Å². The Labute approximate surface area is 166 Å². The largest absolute Gasteiger partial charge is 0.377 e. The van der Waals surface area contributed by atoms with E-state index in [0.29, 0.717) is 0 Å². The minimum Gasteiger partial charge on any atom is -0.377 e. The van der Waals surface area contributed by atoms with Gasteiger partial charge >= 0.3 is 0 Å². The van der Waals surface area contributed by atoms with E-state index in [4.69, 9.17) is 20.9 Å². The predicted molar refractivity (Wildman–Crippen MR) is 98.3 cm³/mol. The number of nitrogens with one attached hydrogen (secondary N) is 4. The molecule has 4 amide bonds. The van der Waals surface area contributed by atoms with Crippen molar-refractivity contribution in [2.75, 3.05) is 26.7 Å². The number of carbonyl (C=O) groups is 4. The molecule has 0 aliphatic heterocycles. The van der Waals surface area contributed by atoms with Crippen LogP contribution in [0.1, 0.15) is 38.5 Å². The van der Waals surface area contributed by atoms with Crippen molar-refractivity contribution < 1.29 is 34.5 Å². The number of rotatable bonds is 15. The molecule has 0 aromatic carbocycles. The van der Waals surface area contributed by atoms with Gasteiger partial charge in [0.05, 0.1) is 0 Å². The van der Waals surface area contributed by atoms with Gasteiger partial charge in [0.1, 0.15) is 26.7 Å². The quantitative estimate of drug-likeness (QED) is 0.0666. The minimum atomic E-state index is -1.20. The zero-order valence-electron chi connectivity index (χ0n) is 15.9. The lowest BCUT2D eigenvalue weighted by Gasteiger charge is -2.35. The summed E-state index contributed by atoms with van der Waals surface area (Å²) in [6.45, 7) is -2.25. The highest BCUT2D eigenvalue weighted by Gasteiger charge is 2.33. The summed E-state index contributed by atoms with van der Waals surface area (Å²) in [5.74, 6) is -2.21. The lowest BCUT2D eigenvalue weighted by Crippen LogP contribution is -2.51. The fourth-order valence-electron chi connectivity index (χ4n) is 2.58. The molecule has 0 unspecified atom stereocenters. The Kier molecular flexibility index (Phi) is 13.5. The van der Waals surface area contributed by atoms with E-state index in [2.05, 4.69) is 31.3 Å². The molecule has 0 saturated heterocycles. The third kappa shape index (κ3) is 12.2. The van der Waals surface area contributed by atoms with Crippen molar-refractivity contribution in [2.45, 2.75) is 44.1 Å². The van der Waals surface area contributed by atoms with E-state index >= 15 is 0 Å². The van der Waals surface area contributed by atoms with E-state index in [0.717, 1.165) is 0 Å². The van der Waals surface area contributed by atoms with Crippen LogP contribution in [-0.4, -0.2) is 71.2 Å². The summed E-state index contributed by atoms with van der Waals surface area (Å²) < 4.78 is 0. The second kappa shape index (κ2) is 15.0. The van der Waals surface area contributed by atoms with Crippen LogP contribution in [0.15, 0.2) is 5.11 Å². The first-order valence-electron chi connectivity index (χ1n) is 8.77. The molecule has 29 heavy (non-hydrogen) atoms. The zero-order chi connectivity index (χ0) is 22.1. The number of azide groups is 1. The van der Waals surface area contributed by atoms with Crippen LogP contribution in [0.25, 0.3) is 10.4 Å². The molecule has 0 atom stereocenters. The van der Waals surface area contributed by atoms with Crippen molar-refractivity contribution >= 4 is 23.6 Å². The van der Waals surface area contributed by atoms with Gasteiger partial charge < -0.3 is 36.6 Å². The van der Waals surface area contributed by atoms with E-state index in [1.165, 1.54) is 0 Å². The molecule has 14 heteroatoms. The van der Waals surface area contributed by atoms with Crippen LogP contribution in [0.3, 0.4) is 0 Å². The third-order valence-electron chi connectivity index (χ3n) is 4.00. The van der Waals surface area contributed by atoms with Crippen molar-refractivity contribution in [3.63, 3.8) is 0 Å². The SMILES string of the molecule is [N-]=[N+]=NCC(=O)NC(CCC(=O)NCO)(CCC(=O)NCO)CCC(=O)NCO. The molecule has 0 aliphatic carbocycles. The fraction of sp³-hybridized carbons (Fsp3) is 0.733. The summed E-state index contributed by atoms with van der Waals surface area (Å²) in [6, 6.07) is 0. The number of hydrogen-bond acceptors (Lipinski definition) is 8. The smallest absolute Gasteiger partial charge is 0.226 e. The van der Waals surface area contributed by atoms with Crippen molar-refractivity contribution in [3.8, 4) is 0 Å². The maximum Gasteiger partial charge on any atom is 0.226 e. The molecule has 7 N–H and O–H groups in total. The minimum absolute atomic E-state index is 0.0135. The van der Waals surface area contributed by atoms with Gasteiger partial charge in [0.25, 0.3) is 0 Å². The van der Waals surface area contributed by atoms with Gasteiger partial charge in [-0.1, -0.05) is 5.11 Å². The van der Waals surface area contributed by atoms with Gasteiger partial charge in [0.2, 0.25) is 23.6 Å². The van der Waals surface area contributed by atoms with Gasteiger partial charge in [-0.05, 0) is 24.8 Å². The van der Waals surface area contributed by atoms with E-state index < -0.39 is 55.9 Å². The number of carbonyl (C=O) groups excluding carboxylic acids is 4. The van der Waals surface area contributed by atoms with E-state index in [1.54, 1.807) is 0 Å². The lowest BCUT2D eigenvalue weighted by atomic mass is 9.83. The topological polar surface area (TPSA) is 226 Å². The van der Waals surface area contributed by atoms with Crippen LogP contribution in [-0.2, 0) is 19.2 Å². The molecule has 0 heterocycles. The van der Waals surface area contributed by atoms with Crippen LogP contribution >= 0.6 is 0 Å². The van der Waals surface area contributed by atoms with Gasteiger partial charge in [-0.2, -0.15) is 0 Å². The molecular weight excluding hydrogens is 390 g/mol. The summed E-state index contributed by atoms with van der Waals surface area (Å²) in [7, 11) is 0. The normalized spacial score (nSPS) is 10.4. The number of aliphatic hydroxyl groups is 3. The Morgan fingerprint density at radius 2 is 1.14 bits per heavy atom. The van der Waals surface area contributed by atoms with E-state index in [9.17, 15) is 19.2 Å². The molecule has 14 nitrogen and oxygen atoms in total. The van der Waals surface area contributed by atoms with Gasteiger partial charge in [-0.3, -0.25) is 19.2 Å². The molecule has 164 valence electrons. The molecule has 0 aliphatic rings. The fourth-order valence-corrected chi connectivity index (χ4v) is 2.58. The number of hydrogen-bond donors (Lipinski definition) is 7. The Balaban J connectivity index is 5.49. The van der Waals surface area contributed by atoms with Crippen LogP contribution in [0.4, 0.5) is 0 Å². The van der Waals surface area contributed by atoms with Gasteiger partial charge in [-0.25, -0.2) is 0 Å². The second-order valence-electron chi connectivity index (χ2n) is 5.99. The van der Waals surface area contributed by atoms with Crippen molar-refractivity contribution in [3.05, 3.63) is 10.4 Å². The molecule has 0 fully saturated rings. The average Bonchev–Trinajstić information content (AvgIpc) is 2.68. The first-order chi connectivity index (χ1) is 13.8. The molecule has 0 radical (unpaired) electrons. The Bertz CT molecular complexity index is 553. The van der Waals surface area contributed by atoms with Crippen molar-refractivity contribution in [1.29, 1.82) is 0 Å². The number of aliphatic hydroxyl groups excluding tert-OH is 3. The second-order valence-corrected chi connectivity index (χ2v) is 5.99. The summed E-state index contributed by atoms with van der Waals surface area (Å²) in [5, 5.41) is 38.7. The summed E-state index contributed by atoms with van der Waals surface area (Å²) >= 11 is 0. The van der Waals surface area contributed by atoms with Crippen LogP contribution in [0.5, 0.6) is 0 Å². The summed E-state index contributed by atoms with van der Waals surface area (Å²) in [5.41, 5.74) is 7.17. The highest BCUT2D eigenvalue weighted by molar-refractivity contribution is 5.81. The van der Waals surface area contributed by atoms with E-state index in [-0.39, 0.29) is 38.5 Å². The Morgan fingerprint density at radius 3 is 1.45 bits per heavy atom. The predicted octanol–water partition coefficient (Wildman–Crippen LogP) is -2.31. The molecule has 0 rings (SSSR count). The van der Waals surface area contributed by atoms with E-state index in [1.807, 2.05) is 0 Å². The molecular formula is C15H27N7O7. The van der Waals surface area contributed by atoms with Gasteiger partial charge in [-0.15, -0.1) is 0 Å². The molecule has 0 spiro atoms. The van der Waals surface area contributed by atoms with Crippen molar-refractivity contribution in [1.82, 2.24) is 21.3 Å². The number of amides is 4. The highest BCUT2D eigenvalue weighted by atomic mass is 16.3. The first-order valence-corrected chi connectivity index (χ1v) is 8.77. The highest BCUT2D eigenvalue weighted by Crippen LogP contribution is 2.26. The molecule has 0 aromatic heterocycles. The first kappa shape index (κ1) is 26.1. The summed E-state index contributed by atoms with van der Waals surface area (Å²) in [4.78, 5) is 49.9. The maximum absolute atomic E-state index is 12.1. The van der Waals surface area contributed by atoms with Crippen LogP contribution in [0, 0.1) is 0 Å². The zero-order valence-corrected chi connectivity index (χ0v) is 15.9. The van der Waals surface area contributed by atoms with Crippen LogP contribution in [0.2, 0.25) is 0 Å². The molecule has 0 aromatic rings. The standard InChI is InChI=1S/C15H27N7O7/c16-22-20-7-14(29)21-15(4-1-11(26)17-8-23,5-2-12(27)18-9-24)6-3-13(28)19-10-25/h23-25H,1-10H2,(H,17,26)(H,18,27)(H,19,28)(H,21,29). The molecule has 0 bridgehead atoms. The monoisotopic (exact) mass is 417 g/mol. The average molecular weight is 417 g/mol.